The molecule has 0 unspecified atom stereocenters. The van der Waals surface area contributed by atoms with Gasteiger partial charge in [0.05, 0.1) is 12.7 Å². The van der Waals surface area contributed by atoms with Crippen LogP contribution in [0.2, 0.25) is 0 Å². The molecular formula is C17H23NO3. The highest BCUT2D eigenvalue weighted by atomic mass is 16.5. The molecule has 0 atom stereocenters. The highest BCUT2D eigenvalue weighted by Gasteiger charge is 2.11. The Morgan fingerprint density at radius 1 is 1.29 bits per heavy atom. The zero-order valence-electron chi connectivity index (χ0n) is 13.0. The van der Waals surface area contributed by atoms with Gasteiger partial charge in [-0.25, -0.2) is 0 Å². The maximum absolute atomic E-state index is 11.9. The Morgan fingerprint density at radius 2 is 2.05 bits per heavy atom. The predicted octanol–water partition coefficient (Wildman–Crippen LogP) is 3.13. The molecule has 21 heavy (non-hydrogen) atoms. The molecule has 4 nitrogen and oxygen atoms in total. The van der Waals surface area contributed by atoms with E-state index >= 15 is 0 Å². The summed E-state index contributed by atoms with van der Waals surface area (Å²) in [6.07, 6.45) is 2.87. The van der Waals surface area contributed by atoms with Crippen molar-refractivity contribution in [1.82, 2.24) is 5.32 Å². The van der Waals surface area contributed by atoms with Crippen LogP contribution in [0, 0.1) is 13.8 Å². The van der Waals surface area contributed by atoms with Crippen LogP contribution in [0.3, 0.4) is 0 Å². The molecule has 4 heteroatoms. The summed E-state index contributed by atoms with van der Waals surface area (Å²) in [5.41, 5.74) is 4.19. The predicted molar refractivity (Wildman–Crippen MR) is 83.5 cm³/mol. The van der Waals surface area contributed by atoms with Crippen molar-refractivity contribution < 1.29 is 13.9 Å². The van der Waals surface area contributed by atoms with Gasteiger partial charge in [0.25, 0.3) is 0 Å². The van der Waals surface area contributed by atoms with E-state index in [-0.39, 0.29) is 5.91 Å². The normalized spacial score (nSPS) is 11.0. The average Bonchev–Trinajstić information content (AvgIpc) is 2.81. The van der Waals surface area contributed by atoms with Crippen molar-refractivity contribution in [2.45, 2.75) is 33.6 Å². The number of amides is 1. The summed E-state index contributed by atoms with van der Waals surface area (Å²) in [6.45, 7) is 8.14. The molecule has 114 valence electrons. The first-order valence-electron chi connectivity index (χ1n) is 7.43. The van der Waals surface area contributed by atoms with E-state index in [9.17, 15) is 4.79 Å². The zero-order valence-corrected chi connectivity index (χ0v) is 13.0. The molecule has 0 radical (unpaired) electrons. The van der Waals surface area contributed by atoms with Gasteiger partial charge in [-0.1, -0.05) is 0 Å². The molecule has 1 aromatic heterocycles. The van der Waals surface area contributed by atoms with E-state index in [2.05, 4.69) is 25.2 Å². The van der Waals surface area contributed by atoms with Crippen LogP contribution in [0.15, 0.2) is 22.8 Å². The standard InChI is InChI=1S/C17H23NO3/c1-4-20-7-5-6-18-17(19)10-14-11-21-16-9-13(3)12(2)8-15(14)16/h8-9,11H,4-7,10H2,1-3H3,(H,18,19). The largest absolute Gasteiger partial charge is 0.464 e. The molecule has 2 aromatic rings. The molecule has 0 aliphatic carbocycles. The summed E-state index contributed by atoms with van der Waals surface area (Å²) in [5.74, 6) is 0.0208. The summed E-state index contributed by atoms with van der Waals surface area (Å²) >= 11 is 0. The van der Waals surface area contributed by atoms with E-state index < -0.39 is 0 Å². The van der Waals surface area contributed by atoms with Crippen molar-refractivity contribution >= 4 is 16.9 Å². The van der Waals surface area contributed by atoms with E-state index in [1.54, 1.807) is 6.26 Å². The van der Waals surface area contributed by atoms with Gasteiger partial charge in [-0.3, -0.25) is 4.79 Å². The monoisotopic (exact) mass is 289 g/mol. The molecule has 1 heterocycles. The lowest BCUT2D eigenvalue weighted by Crippen LogP contribution is -2.26. The third-order valence-corrected chi connectivity index (χ3v) is 3.61. The lowest BCUT2D eigenvalue weighted by molar-refractivity contribution is -0.120. The summed E-state index contributed by atoms with van der Waals surface area (Å²) in [4.78, 5) is 11.9. The molecule has 0 saturated carbocycles. The molecule has 1 amide bonds. The maximum Gasteiger partial charge on any atom is 0.224 e. The minimum absolute atomic E-state index is 0.0208. The Labute approximate surface area is 125 Å². The number of ether oxygens (including phenoxy) is 1. The first-order chi connectivity index (χ1) is 10.1. The van der Waals surface area contributed by atoms with Gasteiger partial charge in [-0.05, 0) is 50.5 Å². The van der Waals surface area contributed by atoms with Crippen LogP contribution < -0.4 is 5.32 Å². The molecule has 2 rings (SSSR count). The van der Waals surface area contributed by atoms with Crippen LogP contribution in [0.5, 0.6) is 0 Å². The van der Waals surface area contributed by atoms with Crippen LogP contribution >= 0.6 is 0 Å². The molecular weight excluding hydrogens is 266 g/mol. The van der Waals surface area contributed by atoms with E-state index in [1.807, 2.05) is 13.0 Å². The van der Waals surface area contributed by atoms with E-state index in [0.29, 0.717) is 26.2 Å². The van der Waals surface area contributed by atoms with Gasteiger partial charge in [0.15, 0.2) is 0 Å². The van der Waals surface area contributed by atoms with E-state index in [0.717, 1.165) is 23.0 Å². The molecule has 0 spiro atoms. The number of carbonyl (C=O) groups excluding carboxylic acids is 1. The molecule has 0 aliphatic heterocycles. The Kier molecular flexibility index (Phi) is 5.39. The number of furan rings is 1. The number of nitrogens with one attached hydrogen (secondary N) is 1. The fraction of sp³-hybridized carbons (Fsp3) is 0.471. The lowest BCUT2D eigenvalue weighted by Gasteiger charge is -2.05. The number of rotatable bonds is 7. The molecule has 0 fully saturated rings. The summed E-state index contributed by atoms with van der Waals surface area (Å²) in [7, 11) is 0. The molecule has 0 aliphatic rings. The summed E-state index contributed by atoms with van der Waals surface area (Å²) in [6, 6.07) is 4.11. The number of benzene rings is 1. The third kappa shape index (κ3) is 4.08. The topological polar surface area (TPSA) is 51.5 Å². The Balaban J connectivity index is 1.93. The van der Waals surface area contributed by atoms with Gasteiger partial charge in [-0.2, -0.15) is 0 Å². The summed E-state index contributed by atoms with van der Waals surface area (Å²) < 4.78 is 10.8. The van der Waals surface area contributed by atoms with Crippen LogP contribution in [-0.4, -0.2) is 25.7 Å². The van der Waals surface area contributed by atoms with Crippen molar-refractivity contribution in [2.24, 2.45) is 0 Å². The van der Waals surface area contributed by atoms with E-state index in [4.69, 9.17) is 9.15 Å². The fourth-order valence-corrected chi connectivity index (χ4v) is 2.25. The first-order valence-corrected chi connectivity index (χ1v) is 7.43. The second kappa shape index (κ2) is 7.27. The number of carbonyl (C=O) groups is 1. The van der Waals surface area contributed by atoms with Gasteiger partial charge in [0.2, 0.25) is 5.91 Å². The van der Waals surface area contributed by atoms with Gasteiger partial charge < -0.3 is 14.5 Å². The highest BCUT2D eigenvalue weighted by molar-refractivity contribution is 5.88. The fourth-order valence-electron chi connectivity index (χ4n) is 2.25. The Morgan fingerprint density at radius 3 is 2.81 bits per heavy atom. The maximum atomic E-state index is 11.9. The van der Waals surface area contributed by atoms with Gasteiger partial charge in [0, 0.05) is 30.7 Å². The zero-order chi connectivity index (χ0) is 15.2. The quantitative estimate of drug-likeness (QED) is 0.797. The van der Waals surface area contributed by atoms with Crippen LogP contribution in [0.25, 0.3) is 11.0 Å². The smallest absolute Gasteiger partial charge is 0.224 e. The number of hydrogen-bond acceptors (Lipinski definition) is 3. The molecule has 0 saturated heterocycles. The van der Waals surface area contributed by atoms with Crippen molar-refractivity contribution in [3.8, 4) is 0 Å². The molecule has 0 bridgehead atoms. The van der Waals surface area contributed by atoms with Gasteiger partial charge >= 0.3 is 0 Å². The van der Waals surface area contributed by atoms with E-state index in [1.165, 1.54) is 11.1 Å². The van der Waals surface area contributed by atoms with Crippen molar-refractivity contribution in [3.63, 3.8) is 0 Å². The van der Waals surface area contributed by atoms with Crippen molar-refractivity contribution in [3.05, 3.63) is 35.1 Å². The molecule has 1 aromatic carbocycles. The average molecular weight is 289 g/mol. The highest BCUT2D eigenvalue weighted by Crippen LogP contribution is 2.25. The van der Waals surface area contributed by atoms with Gasteiger partial charge in [0.1, 0.15) is 5.58 Å². The number of fused-ring (bicyclic) bond motifs is 1. The Hall–Kier alpha value is -1.81. The minimum Gasteiger partial charge on any atom is -0.464 e. The third-order valence-electron chi connectivity index (χ3n) is 3.61. The van der Waals surface area contributed by atoms with Crippen LogP contribution in [0.4, 0.5) is 0 Å². The van der Waals surface area contributed by atoms with Crippen molar-refractivity contribution in [1.29, 1.82) is 0 Å². The summed E-state index contributed by atoms with van der Waals surface area (Å²) in [5, 5.41) is 3.94. The van der Waals surface area contributed by atoms with Crippen LogP contribution in [-0.2, 0) is 16.0 Å². The number of hydrogen-bond donors (Lipinski definition) is 1. The molecule has 1 N–H and O–H groups in total. The van der Waals surface area contributed by atoms with Gasteiger partial charge in [-0.15, -0.1) is 0 Å². The van der Waals surface area contributed by atoms with Crippen molar-refractivity contribution in [2.75, 3.05) is 19.8 Å². The minimum atomic E-state index is 0.0208. The lowest BCUT2D eigenvalue weighted by atomic mass is 10.0. The second-order valence-corrected chi connectivity index (χ2v) is 5.27. The first kappa shape index (κ1) is 15.6. The second-order valence-electron chi connectivity index (χ2n) is 5.27. The van der Waals surface area contributed by atoms with Crippen LogP contribution in [0.1, 0.15) is 30.0 Å². The Bertz CT molecular complexity index is 616. The number of aryl methyl sites for hydroxylation is 2. The SMILES string of the molecule is CCOCCCNC(=O)Cc1coc2cc(C)c(C)cc12.